The van der Waals surface area contributed by atoms with Gasteiger partial charge >= 0.3 is 5.97 Å². The molecule has 0 aliphatic rings. The number of rotatable bonds is 7. The van der Waals surface area contributed by atoms with Crippen LogP contribution in [0.2, 0.25) is 0 Å². The number of hydrogen-bond donors (Lipinski definition) is 1. The molecule has 2 aromatic rings. The third-order valence-corrected chi connectivity index (χ3v) is 3.58. The van der Waals surface area contributed by atoms with Crippen molar-refractivity contribution in [2.24, 2.45) is 0 Å². The van der Waals surface area contributed by atoms with Crippen LogP contribution in [0.1, 0.15) is 49.7 Å². The molecule has 128 valence electrons. The van der Waals surface area contributed by atoms with Gasteiger partial charge < -0.3 is 22.5 Å². The molecule has 23 heavy (non-hydrogen) atoms. The van der Waals surface area contributed by atoms with E-state index in [2.05, 4.69) is 22.3 Å². The van der Waals surface area contributed by atoms with Gasteiger partial charge in [0.15, 0.2) is 5.65 Å². The standard InChI is InChI=1S/C16H24N4O2.ClH/c1-5-8-9-17-14-12-10-18-20(6-2)15(12)19-11(4)13(14)16(21)22-7-3;/h10H,5-9H2,1-4H3,(H,17,19);1H/p-1. The van der Waals surface area contributed by atoms with Gasteiger partial charge in [0.1, 0.15) is 5.56 Å². The van der Waals surface area contributed by atoms with Crippen molar-refractivity contribution in [3.05, 3.63) is 17.5 Å². The number of fused-ring (bicyclic) bond motifs is 1. The van der Waals surface area contributed by atoms with Gasteiger partial charge in [-0.15, -0.1) is 0 Å². The lowest BCUT2D eigenvalue weighted by Crippen LogP contribution is -3.00. The molecule has 0 aliphatic heterocycles. The zero-order chi connectivity index (χ0) is 16.1. The summed E-state index contributed by atoms with van der Waals surface area (Å²) in [4.78, 5) is 16.9. The minimum Gasteiger partial charge on any atom is -1.00 e. The Morgan fingerprint density at radius 1 is 1.35 bits per heavy atom. The highest BCUT2D eigenvalue weighted by Gasteiger charge is 2.22. The molecule has 0 fully saturated rings. The van der Waals surface area contributed by atoms with Crippen molar-refractivity contribution in [3.63, 3.8) is 0 Å². The number of aromatic nitrogens is 3. The molecule has 2 heterocycles. The Bertz CT molecular complexity index is 670. The SMILES string of the molecule is CCCCNc1c(C(=O)OCC)c(C)nc2c1cnn2CC.[Cl-]. The van der Waals surface area contributed by atoms with Gasteiger partial charge in [-0.25, -0.2) is 14.5 Å². The minimum atomic E-state index is -0.336. The van der Waals surface area contributed by atoms with Crippen LogP contribution in [0, 0.1) is 6.92 Å². The van der Waals surface area contributed by atoms with Crippen molar-refractivity contribution in [2.45, 2.75) is 47.1 Å². The molecule has 0 saturated heterocycles. The van der Waals surface area contributed by atoms with Gasteiger partial charge in [-0.05, 0) is 27.2 Å². The lowest BCUT2D eigenvalue weighted by Gasteiger charge is -2.14. The smallest absolute Gasteiger partial charge is 0.342 e. The van der Waals surface area contributed by atoms with Gasteiger partial charge in [0.25, 0.3) is 0 Å². The van der Waals surface area contributed by atoms with E-state index in [1.54, 1.807) is 13.1 Å². The zero-order valence-electron chi connectivity index (χ0n) is 14.1. The first-order chi connectivity index (χ1) is 10.6. The Kier molecular flexibility index (Phi) is 7.29. The molecule has 1 N–H and O–H groups in total. The number of unbranched alkanes of at least 4 members (excludes halogenated alkanes) is 1. The molecular formula is C16H24ClN4O2-. The summed E-state index contributed by atoms with van der Waals surface area (Å²) in [7, 11) is 0. The van der Waals surface area contributed by atoms with Crippen LogP contribution in [0.3, 0.4) is 0 Å². The van der Waals surface area contributed by atoms with Crippen LogP contribution < -0.4 is 17.7 Å². The summed E-state index contributed by atoms with van der Waals surface area (Å²) in [5, 5.41) is 8.60. The van der Waals surface area contributed by atoms with Crippen molar-refractivity contribution >= 4 is 22.7 Å². The van der Waals surface area contributed by atoms with E-state index < -0.39 is 0 Å². The maximum Gasteiger partial charge on any atom is 0.342 e. The number of esters is 1. The fraction of sp³-hybridized carbons (Fsp3) is 0.562. The van der Waals surface area contributed by atoms with E-state index in [4.69, 9.17) is 4.74 Å². The fourth-order valence-corrected chi connectivity index (χ4v) is 2.46. The van der Waals surface area contributed by atoms with E-state index in [9.17, 15) is 4.79 Å². The summed E-state index contributed by atoms with van der Waals surface area (Å²) < 4.78 is 7.03. The molecule has 0 unspecified atom stereocenters. The highest BCUT2D eigenvalue weighted by atomic mass is 35.5. The minimum absolute atomic E-state index is 0. The molecule has 0 saturated carbocycles. The summed E-state index contributed by atoms with van der Waals surface area (Å²) in [6.07, 6.45) is 3.89. The Labute approximate surface area is 143 Å². The molecule has 2 aromatic heterocycles. The molecule has 7 heteroatoms. The van der Waals surface area contributed by atoms with E-state index in [1.165, 1.54) is 0 Å². The molecule has 2 rings (SSSR count). The van der Waals surface area contributed by atoms with E-state index in [0.29, 0.717) is 17.9 Å². The second-order valence-corrected chi connectivity index (χ2v) is 5.15. The largest absolute Gasteiger partial charge is 1.00 e. The van der Waals surface area contributed by atoms with Crippen LogP contribution in [0.15, 0.2) is 6.20 Å². The summed E-state index contributed by atoms with van der Waals surface area (Å²) in [6.45, 7) is 9.69. The monoisotopic (exact) mass is 339 g/mol. The Hall–Kier alpha value is -1.82. The summed E-state index contributed by atoms with van der Waals surface area (Å²) >= 11 is 0. The number of ether oxygens (including phenoxy) is 1. The van der Waals surface area contributed by atoms with Crippen LogP contribution in [0.4, 0.5) is 5.69 Å². The van der Waals surface area contributed by atoms with E-state index in [1.807, 2.05) is 18.5 Å². The van der Waals surface area contributed by atoms with Crippen LogP contribution in [-0.4, -0.2) is 33.9 Å². The van der Waals surface area contributed by atoms with Gasteiger partial charge in [0.05, 0.1) is 29.6 Å². The highest BCUT2D eigenvalue weighted by Crippen LogP contribution is 2.29. The third-order valence-electron chi connectivity index (χ3n) is 3.58. The predicted octanol–water partition coefficient (Wildman–Crippen LogP) is 0.152. The van der Waals surface area contributed by atoms with Gasteiger partial charge in [0, 0.05) is 13.1 Å². The van der Waals surface area contributed by atoms with Gasteiger partial charge in [-0.1, -0.05) is 13.3 Å². The topological polar surface area (TPSA) is 69.0 Å². The number of halogens is 1. The molecule has 0 spiro atoms. The molecular weight excluding hydrogens is 316 g/mol. The predicted molar refractivity (Wildman–Crippen MR) is 87.3 cm³/mol. The van der Waals surface area contributed by atoms with Crippen LogP contribution in [0.25, 0.3) is 11.0 Å². The first kappa shape index (κ1) is 19.2. The van der Waals surface area contributed by atoms with Crippen molar-refractivity contribution < 1.29 is 21.9 Å². The van der Waals surface area contributed by atoms with Crippen molar-refractivity contribution in [2.75, 3.05) is 18.5 Å². The fourth-order valence-electron chi connectivity index (χ4n) is 2.46. The number of carbonyl (C=O) groups is 1. The first-order valence-corrected chi connectivity index (χ1v) is 7.91. The highest BCUT2D eigenvalue weighted by molar-refractivity contribution is 6.05. The van der Waals surface area contributed by atoms with Crippen LogP contribution in [0.5, 0.6) is 0 Å². The molecule has 0 amide bonds. The van der Waals surface area contributed by atoms with Crippen LogP contribution >= 0.6 is 0 Å². The van der Waals surface area contributed by atoms with E-state index in [-0.39, 0.29) is 18.4 Å². The number of carbonyl (C=O) groups excluding carboxylic acids is 1. The quantitative estimate of drug-likeness (QED) is 0.574. The molecule has 0 atom stereocenters. The molecule has 0 bridgehead atoms. The average molecular weight is 340 g/mol. The van der Waals surface area contributed by atoms with Crippen LogP contribution in [-0.2, 0) is 11.3 Å². The molecule has 0 radical (unpaired) electrons. The molecule has 6 nitrogen and oxygen atoms in total. The summed E-state index contributed by atoms with van der Waals surface area (Å²) in [5.74, 6) is -0.336. The number of nitrogens with zero attached hydrogens (tertiary/aromatic N) is 3. The zero-order valence-corrected chi connectivity index (χ0v) is 14.9. The van der Waals surface area contributed by atoms with Gasteiger partial charge in [0.2, 0.25) is 0 Å². The molecule has 0 aromatic carbocycles. The third kappa shape index (κ3) is 3.93. The maximum atomic E-state index is 12.3. The van der Waals surface area contributed by atoms with Crippen molar-refractivity contribution in [3.8, 4) is 0 Å². The lowest BCUT2D eigenvalue weighted by molar-refractivity contribution is -0.0000234. The number of hydrogen-bond acceptors (Lipinski definition) is 5. The normalized spacial score (nSPS) is 10.4. The Morgan fingerprint density at radius 2 is 2.09 bits per heavy atom. The number of anilines is 1. The summed E-state index contributed by atoms with van der Waals surface area (Å²) in [6, 6.07) is 0. The number of aryl methyl sites for hydroxylation is 2. The lowest BCUT2D eigenvalue weighted by atomic mass is 10.1. The second-order valence-electron chi connectivity index (χ2n) is 5.15. The van der Waals surface area contributed by atoms with E-state index in [0.717, 1.165) is 42.7 Å². The maximum absolute atomic E-state index is 12.3. The second kappa shape index (κ2) is 8.72. The Balaban J connectivity index is 0.00000264. The van der Waals surface area contributed by atoms with Crippen molar-refractivity contribution in [1.29, 1.82) is 0 Å². The summed E-state index contributed by atoms with van der Waals surface area (Å²) in [5.41, 5.74) is 2.77. The van der Waals surface area contributed by atoms with Gasteiger partial charge in [-0.2, -0.15) is 5.10 Å². The average Bonchev–Trinajstić information content (AvgIpc) is 2.90. The van der Waals surface area contributed by atoms with E-state index >= 15 is 0 Å². The molecule has 0 aliphatic carbocycles. The Morgan fingerprint density at radius 3 is 2.70 bits per heavy atom. The number of pyridine rings is 1. The van der Waals surface area contributed by atoms with Gasteiger partial charge in [-0.3, -0.25) is 0 Å². The van der Waals surface area contributed by atoms with Crippen molar-refractivity contribution in [1.82, 2.24) is 14.8 Å². The first-order valence-electron chi connectivity index (χ1n) is 7.91. The number of nitrogens with one attached hydrogen (secondary N) is 1.